The first-order valence-corrected chi connectivity index (χ1v) is 3.09. The lowest BCUT2D eigenvalue weighted by atomic mass is 9.99. The monoisotopic (exact) mass is 134 g/mol. The van der Waals surface area contributed by atoms with Crippen LogP contribution in [0.2, 0.25) is 0 Å². The van der Waals surface area contributed by atoms with Crippen LogP contribution in [0.25, 0.3) is 0 Å². The van der Waals surface area contributed by atoms with E-state index in [0.717, 1.165) is 0 Å². The molecule has 0 unspecified atom stereocenters. The van der Waals surface area contributed by atoms with E-state index in [0.29, 0.717) is 0 Å². The first-order valence-electron chi connectivity index (χ1n) is 2.34. The maximum Gasteiger partial charge on any atom is 0.148 e. The molecule has 0 aliphatic rings. The van der Waals surface area contributed by atoms with E-state index in [1.54, 1.807) is 20.8 Å². The van der Waals surface area contributed by atoms with Crippen LogP contribution in [-0.4, -0.2) is 14.4 Å². The van der Waals surface area contributed by atoms with Gasteiger partial charge in [-0.1, -0.05) is 20.8 Å². The Morgan fingerprint density at radius 3 is 1.88 bits per heavy atom. The molecule has 0 atom stereocenters. The molecule has 0 aromatic rings. The molecular formula is C5H10O2S. The molecule has 0 saturated carbocycles. The molecule has 0 aliphatic heterocycles. The summed E-state index contributed by atoms with van der Waals surface area (Å²) in [6, 6.07) is 0. The molecule has 0 aromatic carbocycles. The molecule has 48 valence electrons. The quantitative estimate of drug-likeness (QED) is 0.500. The van der Waals surface area contributed by atoms with Crippen molar-refractivity contribution < 1.29 is 9.32 Å². The number of aliphatic hydroxyl groups is 1. The van der Waals surface area contributed by atoms with Crippen molar-refractivity contribution in [3.05, 3.63) is 0 Å². The molecule has 0 aliphatic carbocycles. The van der Waals surface area contributed by atoms with Crippen molar-refractivity contribution in [3.8, 4) is 0 Å². The Morgan fingerprint density at radius 2 is 1.88 bits per heavy atom. The Bertz CT molecular complexity index is 128. The van der Waals surface area contributed by atoms with Crippen LogP contribution in [0, 0.1) is 5.41 Å². The van der Waals surface area contributed by atoms with Crippen molar-refractivity contribution in [2.45, 2.75) is 20.8 Å². The van der Waals surface area contributed by atoms with Gasteiger partial charge in [-0.25, -0.2) is 4.21 Å². The van der Waals surface area contributed by atoms with Gasteiger partial charge in [-0.2, -0.15) is 0 Å². The molecule has 0 radical (unpaired) electrons. The summed E-state index contributed by atoms with van der Waals surface area (Å²) < 4.78 is 9.91. The van der Waals surface area contributed by atoms with Crippen molar-refractivity contribution in [1.82, 2.24) is 0 Å². The highest BCUT2D eigenvalue weighted by molar-refractivity contribution is 7.66. The predicted octanol–water partition coefficient (Wildman–Crippen LogP) is 0.933. The van der Waals surface area contributed by atoms with E-state index in [1.807, 2.05) is 0 Å². The molecule has 0 fully saturated rings. The minimum atomic E-state index is -0.369. The van der Waals surface area contributed by atoms with Gasteiger partial charge in [0.25, 0.3) is 0 Å². The number of aliphatic hydroxyl groups excluding tert-OH is 1. The summed E-state index contributed by atoms with van der Waals surface area (Å²) in [6.07, 6.45) is 0. The first-order chi connectivity index (χ1) is 3.48. The normalized spacial score (nSPS) is 11.0. The van der Waals surface area contributed by atoms with Gasteiger partial charge in [0.2, 0.25) is 0 Å². The summed E-state index contributed by atoms with van der Waals surface area (Å²) in [4.78, 5) is 0. The average Bonchev–Trinajstić information content (AvgIpc) is 1.62. The highest BCUT2D eigenvalue weighted by Crippen LogP contribution is 2.11. The molecule has 1 N–H and O–H groups in total. The fourth-order valence-corrected chi connectivity index (χ4v) is 0.375. The molecule has 0 aromatic heterocycles. The minimum Gasteiger partial charge on any atom is -0.352 e. The molecule has 3 heteroatoms. The zero-order valence-corrected chi connectivity index (χ0v) is 6.08. The highest BCUT2D eigenvalue weighted by atomic mass is 32.1. The van der Waals surface area contributed by atoms with Gasteiger partial charge < -0.3 is 5.11 Å². The summed E-state index contributed by atoms with van der Waals surface area (Å²) in [7, 11) is 0. The fraction of sp³-hybridized carbons (Fsp3) is 0.800. The third kappa shape index (κ3) is 2.23. The van der Waals surface area contributed by atoms with E-state index in [4.69, 9.17) is 5.11 Å². The van der Waals surface area contributed by atoms with Gasteiger partial charge in [-0.05, 0) is 0 Å². The van der Waals surface area contributed by atoms with Gasteiger partial charge in [0.05, 0.1) is 0 Å². The molecule has 0 heterocycles. The van der Waals surface area contributed by atoms with E-state index in [9.17, 15) is 4.21 Å². The average molecular weight is 134 g/mol. The van der Waals surface area contributed by atoms with Gasteiger partial charge in [-0.3, -0.25) is 0 Å². The lowest BCUT2D eigenvalue weighted by molar-refractivity contribution is 0.441. The van der Waals surface area contributed by atoms with Gasteiger partial charge in [0.1, 0.15) is 16.3 Å². The summed E-state index contributed by atoms with van der Waals surface area (Å²) in [5.41, 5.74) is -0.369. The van der Waals surface area contributed by atoms with Crippen LogP contribution >= 0.6 is 0 Å². The summed E-state index contributed by atoms with van der Waals surface area (Å²) in [5.74, 6) is 0. The van der Waals surface area contributed by atoms with Crippen molar-refractivity contribution >= 4 is 16.3 Å². The zero-order chi connectivity index (χ0) is 6.78. The smallest absolute Gasteiger partial charge is 0.148 e. The van der Waals surface area contributed by atoms with Crippen LogP contribution in [0.15, 0.2) is 0 Å². The standard InChI is InChI=1S/C5H10O2S/c1-5(2,3)4(6)8-7/h6H,1-3H3. The second kappa shape index (κ2) is 2.42. The van der Waals surface area contributed by atoms with E-state index >= 15 is 0 Å². The van der Waals surface area contributed by atoms with E-state index in [1.165, 1.54) is 0 Å². The SMILES string of the molecule is CC(C)(C)C(O)=S=O. The van der Waals surface area contributed by atoms with Crippen molar-refractivity contribution in [2.75, 3.05) is 0 Å². The Morgan fingerprint density at radius 1 is 1.50 bits per heavy atom. The van der Waals surface area contributed by atoms with E-state index < -0.39 is 0 Å². The van der Waals surface area contributed by atoms with Crippen molar-refractivity contribution in [3.63, 3.8) is 0 Å². The number of rotatable bonds is 0. The van der Waals surface area contributed by atoms with Crippen LogP contribution in [0.4, 0.5) is 0 Å². The van der Waals surface area contributed by atoms with E-state index in [-0.39, 0.29) is 21.7 Å². The lowest BCUT2D eigenvalue weighted by Crippen LogP contribution is -2.18. The number of hydrogen-bond acceptors (Lipinski definition) is 1. The second-order valence-electron chi connectivity index (χ2n) is 2.64. The Hall–Kier alpha value is -0.150. The lowest BCUT2D eigenvalue weighted by Gasteiger charge is -2.12. The summed E-state index contributed by atoms with van der Waals surface area (Å²) >= 11 is 0.154. The zero-order valence-electron chi connectivity index (χ0n) is 5.26. The van der Waals surface area contributed by atoms with Gasteiger partial charge in [-0.15, -0.1) is 0 Å². The van der Waals surface area contributed by atoms with Crippen LogP contribution in [0.5, 0.6) is 0 Å². The molecule has 2 nitrogen and oxygen atoms in total. The highest BCUT2D eigenvalue weighted by Gasteiger charge is 2.15. The number of hydrogen-bond donors (Lipinski definition) is 1. The van der Waals surface area contributed by atoms with Gasteiger partial charge in [0, 0.05) is 5.41 Å². The second-order valence-corrected chi connectivity index (χ2v) is 3.19. The van der Waals surface area contributed by atoms with Gasteiger partial charge >= 0.3 is 0 Å². The maximum atomic E-state index is 9.91. The van der Waals surface area contributed by atoms with Gasteiger partial charge in [0.15, 0.2) is 0 Å². The molecule has 0 bridgehead atoms. The first kappa shape index (κ1) is 7.85. The van der Waals surface area contributed by atoms with E-state index in [2.05, 4.69) is 0 Å². The molecule has 0 amide bonds. The minimum absolute atomic E-state index is 0.0579. The topological polar surface area (TPSA) is 37.3 Å². The van der Waals surface area contributed by atoms with Crippen LogP contribution < -0.4 is 0 Å². The van der Waals surface area contributed by atoms with Crippen LogP contribution in [0.3, 0.4) is 0 Å². The molecule has 0 rings (SSSR count). The third-order valence-corrected chi connectivity index (χ3v) is 1.49. The third-order valence-electron chi connectivity index (χ3n) is 0.721. The molecule has 0 spiro atoms. The summed E-state index contributed by atoms with van der Waals surface area (Å²) in [5, 5.41) is 8.70. The fourth-order valence-electron chi connectivity index (χ4n) is 0.125. The largest absolute Gasteiger partial charge is 0.352 e. The van der Waals surface area contributed by atoms with Crippen LogP contribution in [-0.2, 0) is 11.3 Å². The maximum absolute atomic E-state index is 9.91. The molecule has 0 saturated heterocycles. The van der Waals surface area contributed by atoms with Crippen LogP contribution in [0.1, 0.15) is 20.8 Å². The van der Waals surface area contributed by atoms with Crippen molar-refractivity contribution in [2.24, 2.45) is 5.41 Å². The Labute approximate surface area is 52.6 Å². The molecular weight excluding hydrogens is 124 g/mol. The molecule has 8 heavy (non-hydrogen) atoms. The van der Waals surface area contributed by atoms with Crippen molar-refractivity contribution in [1.29, 1.82) is 0 Å². The summed E-state index contributed by atoms with van der Waals surface area (Å²) in [6.45, 7) is 5.35. The Kier molecular flexibility index (Phi) is 2.37. The predicted molar refractivity (Wildman–Crippen MR) is 35.2 cm³/mol. The Balaban J connectivity index is 4.26.